The van der Waals surface area contributed by atoms with E-state index in [2.05, 4.69) is 20.4 Å². The summed E-state index contributed by atoms with van der Waals surface area (Å²) in [7, 11) is 0. The fourth-order valence-corrected chi connectivity index (χ4v) is 2.06. The number of alkyl halides is 3. The van der Waals surface area contributed by atoms with E-state index in [0.717, 1.165) is 12.1 Å². The number of hydrogen-bond acceptors (Lipinski definition) is 4. The molecule has 8 heteroatoms. The van der Waals surface area contributed by atoms with E-state index in [-0.39, 0.29) is 11.4 Å². The minimum Gasteiger partial charge on any atom is -0.467 e. The molecule has 0 fully saturated rings. The lowest BCUT2D eigenvalue weighted by molar-refractivity contribution is -0.154. The van der Waals surface area contributed by atoms with Crippen LogP contribution in [-0.4, -0.2) is 30.2 Å². The second kappa shape index (κ2) is 8.48. The SMILES string of the molecule is CCNCc1cccc(NC(=O)c2cccnc2OCC(F)(F)F)c1. The van der Waals surface area contributed by atoms with Crippen molar-refractivity contribution in [3.05, 3.63) is 53.7 Å². The largest absolute Gasteiger partial charge is 0.467 e. The number of anilines is 1. The zero-order valence-corrected chi connectivity index (χ0v) is 13.6. The maximum atomic E-state index is 12.4. The summed E-state index contributed by atoms with van der Waals surface area (Å²) in [5, 5.41) is 5.81. The first kappa shape index (κ1) is 18.7. The van der Waals surface area contributed by atoms with E-state index in [1.807, 2.05) is 13.0 Å². The Balaban J connectivity index is 2.10. The summed E-state index contributed by atoms with van der Waals surface area (Å²) in [6, 6.07) is 9.98. The van der Waals surface area contributed by atoms with Crippen LogP contribution in [0.15, 0.2) is 42.6 Å². The van der Waals surface area contributed by atoms with Gasteiger partial charge in [-0.05, 0) is 36.4 Å². The number of halogens is 3. The third kappa shape index (κ3) is 6.07. The lowest BCUT2D eigenvalue weighted by Gasteiger charge is -2.12. The number of amides is 1. The van der Waals surface area contributed by atoms with Crippen LogP contribution in [0.1, 0.15) is 22.8 Å². The van der Waals surface area contributed by atoms with E-state index in [1.165, 1.54) is 18.3 Å². The predicted molar refractivity (Wildman–Crippen MR) is 87.6 cm³/mol. The average molecular weight is 353 g/mol. The van der Waals surface area contributed by atoms with Crippen molar-refractivity contribution >= 4 is 11.6 Å². The number of ether oxygens (including phenoxy) is 1. The van der Waals surface area contributed by atoms with E-state index in [9.17, 15) is 18.0 Å². The molecule has 0 atom stereocenters. The van der Waals surface area contributed by atoms with Crippen LogP contribution in [0.4, 0.5) is 18.9 Å². The van der Waals surface area contributed by atoms with Crippen molar-refractivity contribution in [3.8, 4) is 5.88 Å². The van der Waals surface area contributed by atoms with Crippen LogP contribution in [0.3, 0.4) is 0 Å². The highest BCUT2D eigenvalue weighted by molar-refractivity contribution is 6.05. The summed E-state index contributed by atoms with van der Waals surface area (Å²) >= 11 is 0. The molecule has 0 saturated heterocycles. The van der Waals surface area contributed by atoms with E-state index < -0.39 is 18.7 Å². The highest BCUT2D eigenvalue weighted by atomic mass is 19.4. The molecule has 5 nitrogen and oxygen atoms in total. The Morgan fingerprint density at radius 1 is 1.24 bits per heavy atom. The molecule has 0 aliphatic heterocycles. The predicted octanol–water partition coefficient (Wildman–Crippen LogP) is 3.38. The van der Waals surface area contributed by atoms with Crippen molar-refractivity contribution in [1.29, 1.82) is 0 Å². The maximum Gasteiger partial charge on any atom is 0.422 e. The fourth-order valence-electron chi connectivity index (χ4n) is 2.06. The Morgan fingerprint density at radius 2 is 2.04 bits per heavy atom. The van der Waals surface area contributed by atoms with Crippen LogP contribution >= 0.6 is 0 Å². The number of hydrogen-bond donors (Lipinski definition) is 2. The lowest BCUT2D eigenvalue weighted by Crippen LogP contribution is -2.22. The molecule has 1 amide bonds. The second-order valence-corrected chi connectivity index (χ2v) is 5.19. The van der Waals surface area contributed by atoms with Crippen LogP contribution in [0.5, 0.6) is 5.88 Å². The third-order valence-electron chi connectivity index (χ3n) is 3.15. The first-order valence-corrected chi connectivity index (χ1v) is 7.64. The van der Waals surface area contributed by atoms with Gasteiger partial charge in [0.05, 0.1) is 0 Å². The number of nitrogens with one attached hydrogen (secondary N) is 2. The molecule has 1 aromatic carbocycles. The smallest absolute Gasteiger partial charge is 0.422 e. The van der Waals surface area contributed by atoms with Crippen molar-refractivity contribution in [2.45, 2.75) is 19.6 Å². The van der Waals surface area contributed by atoms with Crippen molar-refractivity contribution in [2.24, 2.45) is 0 Å². The van der Waals surface area contributed by atoms with Gasteiger partial charge in [0.1, 0.15) is 5.56 Å². The number of aromatic nitrogens is 1. The number of nitrogens with zero attached hydrogens (tertiary/aromatic N) is 1. The van der Waals surface area contributed by atoms with Crippen LogP contribution in [0, 0.1) is 0 Å². The van der Waals surface area contributed by atoms with E-state index in [4.69, 9.17) is 0 Å². The Bertz CT molecular complexity index is 720. The van der Waals surface area contributed by atoms with Gasteiger partial charge in [-0.15, -0.1) is 0 Å². The Hall–Kier alpha value is -2.61. The molecule has 0 radical (unpaired) electrons. The minimum atomic E-state index is -4.51. The fraction of sp³-hybridized carbons (Fsp3) is 0.294. The van der Waals surface area contributed by atoms with Crippen molar-refractivity contribution in [2.75, 3.05) is 18.5 Å². The molecule has 1 heterocycles. The van der Waals surface area contributed by atoms with Crippen LogP contribution < -0.4 is 15.4 Å². The molecule has 0 bridgehead atoms. The average Bonchev–Trinajstić information content (AvgIpc) is 2.58. The van der Waals surface area contributed by atoms with Crippen LogP contribution in [0.2, 0.25) is 0 Å². The zero-order valence-electron chi connectivity index (χ0n) is 13.6. The summed E-state index contributed by atoms with van der Waals surface area (Å²) in [5.74, 6) is -0.952. The van der Waals surface area contributed by atoms with Gasteiger partial charge in [-0.2, -0.15) is 13.2 Å². The molecule has 0 saturated carbocycles. The minimum absolute atomic E-state index is 0.0659. The molecule has 0 aliphatic carbocycles. The monoisotopic (exact) mass is 353 g/mol. The standard InChI is InChI=1S/C17H18F3N3O2/c1-2-21-10-12-5-3-6-13(9-12)23-15(24)14-7-4-8-22-16(14)25-11-17(18,19)20/h3-9,21H,2,10-11H2,1H3,(H,23,24). The number of carbonyl (C=O) groups excluding carboxylic acids is 1. The third-order valence-corrected chi connectivity index (χ3v) is 3.15. The van der Waals surface area contributed by atoms with Crippen LogP contribution in [-0.2, 0) is 6.54 Å². The van der Waals surface area contributed by atoms with Gasteiger partial charge in [-0.1, -0.05) is 19.1 Å². The van der Waals surface area contributed by atoms with Gasteiger partial charge >= 0.3 is 6.18 Å². The molecular weight excluding hydrogens is 335 g/mol. The molecule has 25 heavy (non-hydrogen) atoms. The molecule has 2 rings (SSSR count). The van der Waals surface area contributed by atoms with E-state index >= 15 is 0 Å². The molecule has 0 unspecified atom stereocenters. The summed E-state index contributed by atoms with van der Waals surface area (Å²) in [6.45, 7) is 1.93. The van der Waals surface area contributed by atoms with Crippen molar-refractivity contribution < 1.29 is 22.7 Å². The Morgan fingerprint density at radius 3 is 2.76 bits per heavy atom. The zero-order chi connectivity index (χ0) is 18.3. The molecule has 2 N–H and O–H groups in total. The summed E-state index contributed by atoms with van der Waals surface area (Å²) in [6.07, 6.45) is -3.24. The topological polar surface area (TPSA) is 63.2 Å². The van der Waals surface area contributed by atoms with Crippen LogP contribution in [0.25, 0.3) is 0 Å². The first-order chi connectivity index (χ1) is 11.9. The van der Waals surface area contributed by atoms with Crippen molar-refractivity contribution in [3.63, 3.8) is 0 Å². The summed E-state index contributed by atoms with van der Waals surface area (Å²) in [5.41, 5.74) is 1.44. The van der Waals surface area contributed by atoms with Gasteiger partial charge in [0.25, 0.3) is 5.91 Å². The Kier molecular flexibility index (Phi) is 6.35. The summed E-state index contributed by atoms with van der Waals surface area (Å²) in [4.78, 5) is 16.1. The first-order valence-electron chi connectivity index (χ1n) is 7.64. The van der Waals surface area contributed by atoms with Gasteiger partial charge in [0.2, 0.25) is 5.88 Å². The van der Waals surface area contributed by atoms with E-state index in [0.29, 0.717) is 12.2 Å². The molecule has 0 aliphatic rings. The maximum absolute atomic E-state index is 12.4. The molecule has 2 aromatic rings. The number of carbonyl (C=O) groups is 1. The van der Waals surface area contributed by atoms with Gasteiger partial charge < -0.3 is 15.4 Å². The van der Waals surface area contributed by atoms with Gasteiger partial charge in [0, 0.05) is 18.4 Å². The molecule has 1 aromatic heterocycles. The van der Waals surface area contributed by atoms with Gasteiger partial charge in [-0.3, -0.25) is 4.79 Å². The molecule has 134 valence electrons. The second-order valence-electron chi connectivity index (χ2n) is 5.19. The van der Waals surface area contributed by atoms with Gasteiger partial charge in [-0.25, -0.2) is 4.98 Å². The number of rotatable bonds is 7. The quantitative estimate of drug-likeness (QED) is 0.801. The summed E-state index contributed by atoms with van der Waals surface area (Å²) < 4.78 is 41.6. The highest BCUT2D eigenvalue weighted by Gasteiger charge is 2.29. The molecule has 0 spiro atoms. The number of benzene rings is 1. The normalized spacial score (nSPS) is 11.2. The van der Waals surface area contributed by atoms with E-state index in [1.54, 1.807) is 18.2 Å². The lowest BCUT2D eigenvalue weighted by atomic mass is 10.2. The highest BCUT2D eigenvalue weighted by Crippen LogP contribution is 2.21. The van der Waals surface area contributed by atoms with Crippen molar-refractivity contribution in [1.82, 2.24) is 10.3 Å². The Labute approximate surface area is 143 Å². The van der Waals surface area contributed by atoms with Gasteiger partial charge in [0.15, 0.2) is 6.61 Å². The number of pyridine rings is 1. The molecular formula is C17H18F3N3O2.